The van der Waals surface area contributed by atoms with E-state index >= 15 is 0 Å². The number of aryl methyl sites for hydroxylation is 1. The number of imidazole rings is 1. The molecule has 2 aromatic rings. The maximum Gasteiger partial charge on any atom is 0.221 e. The molecule has 5 nitrogen and oxygen atoms in total. The standard InChI is InChI=1S/C15H21N3O2S/c1-4-20-12-7-5-6-11-14(12)17-15(21)18(11)9-8-13(19)16-10(2)3/h5-7,10H,4,8-9H2,1-3H3,(H,16,19)(H,17,21). The molecule has 1 aromatic carbocycles. The fraction of sp³-hybridized carbons (Fsp3) is 0.467. The molecule has 0 aliphatic rings. The average molecular weight is 307 g/mol. The molecule has 0 unspecified atom stereocenters. The molecule has 2 rings (SSSR count). The summed E-state index contributed by atoms with van der Waals surface area (Å²) < 4.78 is 8.14. The van der Waals surface area contributed by atoms with Gasteiger partial charge in [-0.2, -0.15) is 0 Å². The molecule has 0 atom stereocenters. The molecule has 0 aliphatic heterocycles. The quantitative estimate of drug-likeness (QED) is 0.807. The van der Waals surface area contributed by atoms with Crippen LogP contribution in [0.1, 0.15) is 27.2 Å². The second kappa shape index (κ2) is 6.76. The van der Waals surface area contributed by atoms with Crippen molar-refractivity contribution in [3.63, 3.8) is 0 Å². The average Bonchev–Trinajstić information content (AvgIpc) is 2.73. The van der Waals surface area contributed by atoms with Crippen LogP contribution in [-0.2, 0) is 11.3 Å². The first kappa shape index (κ1) is 15.6. The lowest BCUT2D eigenvalue weighted by molar-refractivity contribution is -0.121. The minimum absolute atomic E-state index is 0.0298. The van der Waals surface area contributed by atoms with E-state index in [1.165, 1.54) is 0 Å². The van der Waals surface area contributed by atoms with Gasteiger partial charge in [-0.05, 0) is 45.1 Å². The van der Waals surface area contributed by atoms with E-state index in [1.54, 1.807) is 0 Å². The number of aromatic amines is 1. The molecule has 0 radical (unpaired) electrons. The van der Waals surface area contributed by atoms with Crippen LogP contribution in [0.2, 0.25) is 0 Å². The first-order valence-electron chi connectivity index (χ1n) is 7.16. The van der Waals surface area contributed by atoms with E-state index in [9.17, 15) is 4.79 Å². The van der Waals surface area contributed by atoms with E-state index in [-0.39, 0.29) is 11.9 Å². The number of aromatic nitrogens is 2. The molecule has 1 heterocycles. The number of H-pyrrole nitrogens is 1. The van der Waals surface area contributed by atoms with Crippen LogP contribution in [0.25, 0.3) is 11.0 Å². The zero-order valence-electron chi connectivity index (χ0n) is 12.6. The predicted molar refractivity (Wildman–Crippen MR) is 86.2 cm³/mol. The van der Waals surface area contributed by atoms with Crippen molar-refractivity contribution in [3.05, 3.63) is 23.0 Å². The van der Waals surface area contributed by atoms with E-state index < -0.39 is 0 Å². The lowest BCUT2D eigenvalue weighted by Gasteiger charge is -2.09. The van der Waals surface area contributed by atoms with Gasteiger partial charge < -0.3 is 19.6 Å². The highest BCUT2D eigenvalue weighted by molar-refractivity contribution is 7.71. The molecule has 21 heavy (non-hydrogen) atoms. The number of carbonyl (C=O) groups is 1. The van der Waals surface area contributed by atoms with Gasteiger partial charge in [-0.15, -0.1) is 0 Å². The van der Waals surface area contributed by atoms with Gasteiger partial charge in [-0.1, -0.05) is 6.07 Å². The van der Waals surface area contributed by atoms with Crippen molar-refractivity contribution in [2.24, 2.45) is 0 Å². The first-order valence-corrected chi connectivity index (χ1v) is 7.57. The number of hydrogen-bond donors (Lipinski definition) is 2. The van der Waals surface area contributed by atoms with Gasteiger partial charge in [0.15, 0.2) is 4.77 Å². The summed E-state index contributed by atoms with van der Waals surface area (Å²) in [7, 11) is 0. The molecule has 0 saturated heterocycles. The van der Waals surface area contributed by atoms with Crippen molar-refractivity contribution < 1.29 is 9.53 Å². The van der Waals surface area contributed by atoms with Crippen LogP contribution in [0.15, 0.2) is 18.2 Å². The highest BCUT2D eigenvalue weighted by Gasteiger charge is 2.10. The van der Waals surface area contributed by atoms with Gasteiger partial charge in [0, 0.05) is 19.0 Å². The summed E-state index contributed by atoms with van der Waals surface area (Å²) in [5.41, 5.74) is 1.84. The third-order valence-electron chi connectivity index (χ3n) is 3.08. The summed E-state index contributed by atoms with van der Waals surface area (Å²) in [6.45, 7) is 6.99. The van der Waals surface area contributed by atoms with Crippen LogP contribution in [0.4, 0.5) is 0 Å². The highest BCUT2D eigenvalue weighted by atomic mass is 32.1. The lowest BCUT2D eigenvalue weighted by atomic mass is 10.3. The largest absolute Gasteiger partial charge is 0.492 e. The Morgan fingerprint density at radius 2 is 2.24 bits per heavy atom. The van der Waals surface area contributed by atoms with Gasteiger partial charge in [0.1, 0.15) is 11.3 Å². The molecule has 0 saturated carbocycles. The summed E-state index contributed by atoms with van der Waals surface area (Å²) in [6, 6.07) is 5.97. The molecule has 0 fully saturated rings. The molecule has 0 aliphatic carbocycles. The van der Waals surface area contributed by atoms with Crippen molar-refractivity contribution in [3.8, 4) is 5.75 Å². The zero-order valence-corrected chi connectivity index (χ0v) is 13.4. The number of hydrogen-bond acceptors (Lipinski definition) is 3. The fourth-order valence-electron chi connectivity index (χ4n) is 2.26. The van der Waals surface area contributed by atoms with Crippen molar-refractivity contribution in [1.29, 1.82) is 0 Å². The summed E-state index contributed by atoms with van der Waals surface area (Å²) in [4.78, 5) is 14.9. The molecule has 6 heteroatoms. The topological polar surface area (TPSA) is 59.0 Å². The van der Waals surface area contributed by atoms with E-state index in [1.807, 2.05) is 43.5 Å². The van der Waals surface area contributed by atoms with E-state index in [4.69, 9.17) is 17.0 Å². The van der Waals surface area contributed by atoms with Crippen LogP contribution in [0.5, 0.6) is 5.75 Å². The Morgan fingerprint density at radius 1 is 1.48 bits per heavy atom. The van der Waals surface area contributed by atoms with Crippen molar-refractivity contribution in [1.82, 2.24) is 14.9 Å². The Kier molecular flexibility index (Phi) is 5.01. The summed E-state index contributed by atoms with van der Waals surface area (Å²) in [6.07, 6.45) is 0.401. The number of nitrogens with zero attached hydrogens (tertiary/aromatic N) is 1. The Balaban J connectivity index is 2.24. The molecule has 2 N–H and O–H groups in total. The SMILES string of the molecule is CCOc1cccc2c1[nH]c(=S)n2CCC(=O)NC(C)C. The third-order valence-corrected chi connectivity index (χ3v) is 3.41. The number of amides is 1. The first-order chi connectivity index (χ1) is 10.0. The second-order valence-corrected chi connectivity index (χ2v) is 5.52. The van der Waals surface area contributed by atoms with E-state index in [2.05, 4.69) is 10.3 Å². The molecule has 0 bridgehead atoms. The predicted octanol–water partition coefficient (Wildman–Crippen LogP) is 3.01. The van der Waals surface area contributed by atoms with Crippen LogP contribution < -0.4 is 10.1 Å². The number of ether oxygens (including phenoxy) is 1. The molecule has 1 amide bonds. The summed E-state index contributed by atoms with van der Waals surface area (Å²) in [5.74, 6) is 0.814. The second-order valence-electron chi connectivity index (χ2n) is 5.14. The smallest absolute Gasteiger partial charge is 0.221 e. The van der Waals surface area contributed by atoms with Gasteiger partial charge >= 0.3 is 0 Å². The van der Waals surface area contributed by atoms with Gasteiger partial charge in [0.25, 0.3) is 0 Å². The third kappa shape index (κ3) is 3.64. The van der Waals surface area contributed by atoms with Crippen molar-refractivity contribution >= 4 is 29.2 Å². The van der Waals surface area contributed by atoms with Gasteiger partial charge in [-0.25, -0.2) is 0 Å². The molecular formula is C15H21N3O2S. The summed E-state index contributed by atoms with van der Waals surface area (Å²) >= 11 is 5.36. The van der Waals surface area contributed by atoms with Gasteiger partial charge in [0.2, 0.25) is 5.91 Å². The molecule has 0 spiro atoms. The number of rotatable bonds is 6. The highest BCUT2D eigenvalue weighted by Crippen LogP contribution is 2.25. The summed E-state index contributed by atoms with van der Waals surface area (Å²) in [5, 5.41) is 2.88. The van der Waals surface area contributed by atoms with Crippen LogP contribution in [0.3, 0.4) is 0 Å². The molecule has 1 aromatic heterocycles. The zero-order chi connectivity index (χ0) is 15.4. The fourth-order valence-corrected chi connectivity index (χ4v) is 2.55. The van der Waals surface area contributed by atoms with Crippen LogP contribution in [0, 0.1) is 4.77 Å². The van der Waals surface area contributed by atoms with Crippen LogP contribution >= 0.6 is 12.2 Å². The van der Waals surface area contributed by atoms with Gasteiger partial charge in [-0.3, -0.25) is 4.79 Å². The van der Waals surface area contributed by atoms with Crippen molar-refractivity contribution in [2.75, 3.05) is 6.61 Å². The Hall–Kier alpha value is -1.82. The number of nitrogens with one attached hydrogen (secondary N) is 2. The Bertz CT molecular complexity index is 688. The lowest BCUT2D eigenvalue weighted by Crippen LogP contribution is -2.30. The molecule has 114 valence electrons. The normalized spacial score (nSPS) is 11.0. The minimum atomic E-state index is 0.0298. The van der Waals surface area contributed by atoms with Gasteiger partial charge in [0.05, 0.1) is 12.1 Å². The number of carbonyl (C=O) groups excluding carboxylic acids is 1. The number of para-hydroxylation sites is 1. The number of benzene rings is 1. The van der Waals surface area contributed by atoms with Crippen molar-refractivity contribution in [2.45, 2.75) is 39.8 Å². The maximum absolute atomic E-state index is 11.8. The number of fused-ring (bicyclic) bond motifs is 1. The van der Waals surface area contributed by atoms with Crippen LogP contribution in [-0.4, -0.2) is 28.1 Å². The van der Waals surface area contributed by atoms with E-state index in [0.717, 1.165) is 16.8 Å². The Morgan fingerprint density at radius 3 is 2.90 bits per heavy atom. The monoisotopic (exact) mass is 307 g/mol. The Labute approximate surface area is 129 Å². The van der Waals surface area contributed by atoms with E-state index in [0.29, 0.717) is 24.3 Å². The molecular weight excluding hydrogens is 286 g/mol. The minimum Gasteiger partial charge on any atom is -0.492 e. The maximum atomic E-state index is 11.8.